The van der Waals surface area contributed by atoms with Crippen LogP contribution in [0.25, 0.3) is 0 Å². The van der Waals surface area contributed by atoms with Crippen LogP contribution in [-0.4, -0.2) is 83.6 Å². The molecule has 1 aromatic rings. The normalized spacial score (nSPS) is 15.8. The first kappa shape index (κ1) is 31.7. The van der Waals surface area contributed by atoms with Gasteiger partial charge in [-0.1, -0.05) is 30.3 Å². The third-order valence-electron chi connectivity index (χ3n) is 6.23. The van der Waals surface area contributed by atoms with E-state index >= 15 is 0 Å². The minimum atomic E-state index is -1.22. The lowest BCUT2D eigenvalue weighted by Crippen LogP contribution is -2.55. The van der Waals surface area contributed by atoms with Crippen LogP contribution < -0.4 is 32.7 Å². The van der Waals surface area contributed by atoms with Crippen LogP contribution in [0.2, 0.25) is 0 Å². The van der Waals surface area contributed by atoms with E-state index in [1.165, 1.54) is 4.90 Å². The molecule has 1 saturated heterocycles. The molecule has 0 aromatic heterocycles. The van der Waals surface area contributed by atoms with E-state index in [2.05, 4.69) is 21.3 Å². The van der Waals surface area contributed by atoms with Crippen molar-refractivity contribution in [2.24, 2.45) is 11.5 Å². The van der Waals surface area contributed by atoms with Gasteiger partial charge in [-0.05, 0) is 44.1 Å². The van der Waals surface area contributed by atoms with Gasteiger partial charge in [0.05, 0.1) is 0 Å². The molecule has 1 aromatic carbocycles. The molecular formula is C25H39N9O6. The number of nitrogens with zero attached hydrogens (tertiary/aromatic N) is 1. The number of guanidine groups is 2. The maximum Gasteiger partial charge on any atom is 0.408 e. The van der Waals surface area contributed by atoms with E-state index < -0.39 is 42.0 Å². The monoisotopic (exact) mass is 561 g/mol. The summed E-state index contributed by atoms with van der Waals surface area (Å²) in [5.41, 5.74) is 11.3. The average Bonchev–Trinajstić information content (AvgIpc) is 3.41. The van der Waals surface area contributed by atoms with E-state index in [4.69, 9.17) is 27.0 Å². The predicted molar refractivity (Wildman–Crippen MR) is 146 cm³/mol. The number of aliphatic carboxylic acids is 1. The molecule has 0 spiro atoms. The molecule has 1 aliphatic rings. The lowest BCUT2D eigenvalue weighted by molar-refractivity contribution is -0.144. The van der Waals surface area contributed by atoms with E-state index in [9.17, 15) is 24.3 Å². The van der Waals surface area contributed by atoms with Gasteiger partial charge < -0.3 is 47.5 Å². The standard InChI is InChI=1S/C25H39N9O6/c26-23(27)30-12-4-9-17(33-25(39)40-15-16-7-2-1-3-8-16)21(36)34-14-6-11-19(34)20(35)32-18(22(37)38)10-5-13-31-24(28)29/h1-3,7-8,17-19H,4-6,9-15H2,(H,32,35)(H,33,39)(H,37,38)(H4,26,27,30)(H4,28,29,31)/t17-,18+,19+/m1/s1. The van der Waals surface area contributed by atoms with Crippen molar-refractivity contribution in [3.05, 3.63) is 35.9 Å². The van der Waals surface area contributed by atoms with Crippen LogP contribution in [0.1, 0.15) is 44.1 Å². The molecule has 220 valence electrons. The van der Waals surface area contributed by atoms with Crippen LogP contribution in [0, 0.1) is 10.8 Å². The quantitative estimate of drug-likeness (QED) is 0.0744. The van der Waals surface area contributed by atoms with Crippen LogP contribution >= 0.6 is 0 Å². The zero-order valence-electron chi connectivity index (χ0n) is 22.3. The lowest BCUT2D eigenvalue weighted by atomic mass is 10.1. The molecular weight excluding hydrogens is 522 g/mol. The maximum absolute atomic E-state index is 13.5. The van der Waals surface area contributed by atoms with Crippen molar-refractivity contribution in [3.8, 4) is 0 Å². The molecule has 1 fully saturated rings. The van der Waals surface area contributed by atoms with Crippen molar-refractivity contribution in [1.82, 2.24) is 26.2 Å². The minimum absolute atomic E-state index is 0.00668. The molecule has 40 heavy (non-hydrogen) atoms. The van der Waals surface area contributed by atoms with Crippen molar-refractivity contribution in [2.45, 2.75) is 63.3 Å². The number of nitrogens with two attached hydrogens (primary N) is 2. The van der Waals surface area contributed by atoms with E-state index in [0.29, 0.717) is 32.2 Å². The summed E-state index contributed by atoms with van der Waals surface area (Å²) in [6, 6.07) is 5.94. The van der Waals surface area contributed by atoms with E-state index in [0.717, 1.165) is 5.56 Å². The first-order valence-corrected chi connectivity index (χ1v) is 13.0. The van der Waals surface area contributed by atoms with Crippen molar-refractivity contribution in [3.63, 3.8) is 0 Å². The van der Waals surface area contributed by atoms with Crippen LogP contribution in [-0.2, 0) is 25.7 Å². The number of alkyl carbamates (subject to hydrolysis) is 1. The Labute approximate surface area is 232 Å². The number of carbonyl (C=O) groups is 4. The highest BCUT2D eigenvalue weighted by atomic mass is 16.5. The Kier molecular flexibility index (Phi) is 13.0. The molecule has 15 nitrogen and oxygen atoms in total. The molecule has 15 heteroatoms. The Morgan fingerprint density at radius 1 is 0.975 bits per heavy atom. The van der Waals surface area contributed by atoms with Gasteiger partial charge in [0.1, 0.15) is 24.7 Å². The van der Waals surface area contributed by atoms with Crippen molar-refractivity contribution in [2.75, 3.05) is 19.6 Å². The maximum atomic E-state index is 13.5. The third-order valence-corrected chi connectivity index (χ3v) is 6.23. The SMILES string of the molecule is N=C(N)NCCC[C@H](NC(=O)[C@@H]1CCCN1C(=O)[C@@H](CCCNC(=N)N)NC(=O)OCc1ccccc1)C(=O)O. The topological polar surface area (TPSA) is 249 Å². The number of carboxylic acids is 1. The summed E-state index contributed by atoms with van der Waals surface area (Å²) in [7, 11) is 0. The number of amides is 3. The Balaban J connectivity index is 2.04. The van der Waals surface area contributed by atoms with E-state index in [-0.39, 0.29) is 44.5 Å². The van der Waals surface area contributed by atoms with Gasteiger partial charge in [0.2, 0.25) is 11.8 Å². The molecule has 1 aliphatic heterocycles. The number of rotatable bonds is 15. The molecule has 11 N–H and O–H groups in total. The van der Waals surface area contributed by atoms with E-state index in [1.54, 1.807) is 24.3 Å². The summed E-state index contributed by atoms with van der Waals surface area (Å²) in [4.78, 5) is 52.2. The summed E-state index contributed by atoms with van der Waals surface area (Å²) in [5.74, 6) is -2.76. The van der Waals surface area contributed by atoms with Crippen molar-refractivity contribution < 1.29 is 29.0 Å². The molecule has 0 unspecified atom stereocenters. The number of carboxylic acid groups (broad SMARTS) is 1. The molecule has 0 aliphatic carbocycles. The Morgan fingerprint density at radius 2 is 1.57 bits per heavy atom. The van der Waals surface area contributed by atoms with Gasteiger partial charge in [-0.2, -0.15) is 0 Å². The van der Waals surface area contributed by atoms with Gasteiger partial charge in [-0.3, -0.25) is 20.4 Å². The predicted octanol–water partition coefficient (Wildman–Crippen LogP) is -0.632. The average molecular weight is 562 g/mol. The van der Waals surface area contributed by atoms with Crippen molar-refractivity contribution >= 4 is 35.8 Å². The van der Waals surface area contributed by atoms with Crippen LogP contribution in [0.5, 0.6) is 0 Å². The summed E-state index contributed by atoms with van der Waals surface area (Å²) in [6.45, 7) is 0.838. The molecule has 3 atom stereocenters. The fourth-order valence-corrected chi connectivity index (χ4v) is 4.25. The highest BCUT2D eigenvalue weighted by molar-refractivity contribution is 5.93. The first-order chi connectivity index (χ1) is 19.1. The number of ether oxygens (including phenoxy) is 1. The van der Waals surface area contributed by atoms with Gasteiger partial charge >= 0.3 is 12.1 Å². The van der Waals surface area contributed by atoms with Crippen LogP contribution in [0.4, 0.5) is 4.79 Å². The first-order valence-electron chi connectivity index (χ1n) is 13.0. The third kappa shape index (κ3) is 11.0. The Morgan fingerprint density at radius 3 is 2.15 bits per heavy atom. The molecule has 3 amide bonds. The molecule has 2 rings (SSSR count). The van der Waals surface area contributed by atoms with E-state index in [1.807, 2.05) is 6.07 Å². The fraction of sp³-hybridized carbons (Fsp3) is 0.520. The Bertz CT molecular complexity index is 1040. The summed E-state index contributed by atoms with van der Waals surface area (Å²) in [5, 5.41) is 34.3. The number of carbonyl (C=O) groups excluding carboxylic acids is 3. The zero-order chi connectivity index (χ0) is 29.5. The molecule has 0 bridgehead atoms. The van der Waals surface area contributed by atoms with Gasteiger partial charge in [0.25, 0.3) is 0 Å². The van der Waals surface area contributed by atoms with Crippen molar-refractivity contribution in [1.29, 1.82) is 10.8 Å². The Hall–Kier alpha value is -4.56. The smallest absolute Gasteiger partial charge is 0.408 e. The highest BCUT2D eigenvalue weighted by Crippen LogP contribution is 2.20. The molecule has 0 radical (unpaired) electrons. The van der Waals surface area contributed by atoms with Crippen LogP contribution in [0.15, 0.2) is 30.3 Å². The fourth-order valence-electron chi connectivity index (χ4n) is 4.25. The number of hydrogen-bond donors (Lipinski definition) is 9. The summed E-state index contributed by atoms with van der Waals surface area (Å²) >= 11 is 0. The van der Waals surface area contributed by atoms with Gasteiger partial charge in [-0.15, -0.1) is 0 Å². The highest BCUT2D eigenvalue weighted by Gasteiger charge is 2.38. The number of hydrogen-bond acceptors (Lipinski definition) is 7. The molecule has 0 saturated carbocycles. The second kappa shape index (κ2) is 16.4. The second-order valence-electron chi connectivity index (χ2n) is 9.31. The minimum Gasteiger partial charge on any atom is -0.480 e. The molecule has 1 heterocycles. The lowest BCUT2D eigenvalue weighted by Gasteiger charge is -2.29. The largest absolute Gasteiger partial charge is 0.480 e. The summed E-state index contributed by atoms with van der Waals surface area (Å²) < 4.78 is 5.27. The summed E-state index contributed by atoms with van der Waals surface area (Å²) in [6.07, 6.45) is 1.08. The number of nitrogens with one attached hydrogen (secondary N) is 6. The van der Waals surface area contributed by atoms with Crippen LogP contribution in [0.3, 0.4) is 0 Å². The van der Waals surface area contributed by atoms with Gasteiger partial charge in [0, 0.05) is 19.6 Å². The second-order valence-corrected chi connectivity index (χ2v) is 9.31. The van der Waals surface area contributed by atoms with Gasteiger partial charge in [-0.25, -0.2) is 9.59 Å². The number of likely N-dealkylation sites (tertiary alicyclic amines) is 1. The van der Waals surface area contributed by atoms with Gasteiger partial charge in [0.15, 0.2) is 11.9 Å². The number of benzene rings is 1. The zero-order valence-corrected chi connectivity index (χ0v) is 22.3.